The van der Waals surface area contributed by atoms with Crippen molar-refractivity contribution in [1.29, 1.82) is 0 Å². The number of benzene rings is 2. The van der Waals surface area contributed by atoms with Gasteiger partial charge in [0.2, 0.25) is 0 Å². The summed E-state index contributed by atoms with van der Waals surface area (Å²) in [5, 5.41) is 1.94. The summed E-state index contributed by atoms with van der Waals surface area (Å²) in [6, 6.07) is 17.8. The van der Waals surface area contributed by atoms with Gasteiger partial charge in [0.1, 0.15) is 0 Å². The van der Waals surface area contributed by atoms with E-state index in [2.05, 4.69) is 5.32 Å². The molecule has 1 heterocycles. The van der Waals surface area contributed by atoms with E-state index in [1.807, 2.05) is 54.6 Å². The number of hydrogen-bond donors (Lipinski definition) is 1. The van der Waals surface area contributed by atoms with Gasteiger partial charge >= 0.3 is 0 Å². The van der Waals surface area contributed by atoms with Gasteiger partial charge < -0.3 is 0 Å². The smallest absolute Gasteiger partial charge is 0.282 e. The fourth-order valence-electron chi connectivity index (χ4n) is 2.07. The lowest BCUT2D eigenvalue weighted by Crippen LogP contribution is -2.17. The predicted octanol–water partition coefficient (Wildman–Crippen LogP) is 3.68. The molecule has 20 heavy (non-hydrogen) atoms. The topological polar surface area (TPSA) is 46.2 Å². The molecule has 1 fully saturated rings. The summed E-state index contributed by atoms with van der Waals surface area (Å²) >= 11 is 0.934. The van der Waals surface area contributed by atoms with Crippen LogP contribution in [0.2, 0.25) is 0 Å². The quantitative estimate of drug-likeness (QED) is 0.854. The number of carbonyl (C=O) groups excluding carboxylic acids is 2. The van der Waals surface area contributed by atoms with Crippen molar-refractivity contribution in [1.82, 2.24) is 5.32 Å². The lowest BCUT2D eigenvalue weighted by molar-refractivity contribution is -0.115. The fourth-order valence-corrected chi connectivity index (χ4v) is 2.74. The molecule has 3 rings (SSSR count). The molecule has 0 aliphatic carbocycles. The van der Waals surface area contributed by atoms with Crippen LogP contribution >= 0.6 is 11.8 Å². The lowest BCUT2D eigenvalue weighted by Gasteiger charge is -2.06. The van der Waals surface area contributed by atoms with E-state index >= 15 is 0 Å². The van der Waals surface area contributed by atoms with Gasteiger partial charge in [-0.3, -0.25) is 14.9 Å². The van der Waals surface area contributed by atoms with Crippen molar-refractivity contribution in [2.75, 3.05) is 0 Å². The predicted molar refractivity (Wildman–Crippen MR) is 81.0 cm³/mol. The zero-order valence-corrected chi connectivity index (χ0v) is 11.3. The molecule has 1 N–H and O–H groups in total. The fraction of sp³-hybridized carbons (Fsp3) is 0. The molecule has 0 unspecified atom stereocenters. The Balaban J connectivity index is 2.05. The van der Waals surface area contributed by atoms with Crippen LogP contribution in [0, 0.1) is 0 Å². The third-order valence-electron chi connectivity index (χ3n) is 2.97. The maximum Gasteiger partial charge on any atom is 0.290 e. The first-order valence-electron chi connectivity index (χ1n) is 6.13. The van der Waals surface area contributed by atoms with Gasteiger partial charge in [-0.25, -0.2) is 0 Å². The number of carbonyl (C=O) groups is 2. The molecule has 0 atom stereocenters. The normalized spacial score (nSPS) is 16.5. The van der Waals surface area contributed by atoms with Crippen LogP contribution in [0.4, 0.5) is 4.79 Å². The molecule has 1 aliphatic rings. The Kier molecular flexibility index (Phi) is 3.39. The number of rotatable bonds is 2. The zero-order chi connectivity index (χ0) is 13.9. The Bertz CT molecular complexity index is 707. The van der Waals surface area contributed by atoms with Gasteiger partial charge in [-0.15, -0.1) is 0 Å². The van der Waals surface area contributed by atoms with E-state index in [1.165, 1.54) is 0 Å². The summed E-state index contributed by atoms with van der Waals surface area (Å²) in [5.74, 6) is -0.331. The summed E-state index contributed by atoms with van der Waals surface area (Å²) in [6.45, 7) is 0. The molecule has 0 saturated carbocycles. The van der Waals surface area contributed by atoms with Gasteiger partial charge in [0.25, 0.3) is 11.1 Å². The molecule has 98 valence electrons. The van der Waals surface area contributed by atoms with Crippen LogP contribution in [0.5, 0.6) is 0 Å². The first kappa shape index (κ1) is 12.7. The highest BCUT2D eigenvalue weighted by Gasteiger charge is 2.25. The number of imide groups is 1. The second kappa shape index (κ2) is 5.35. The Morgan fingerprint density at radius 2 is 1.60 bits per heavy atom. The van der Waals surface area contributed by atoms with E-state index in [0.29, 0.717) is 4.91 Å². The van der Waals surface area contributed by atoms with Crippen LogP contribution < -0.4 is 5.32 Å². The maximum atomic E-state index is 11.6. The molecule has 0 aromatic heterocycles. The van der Waals surface area contributed by atoms with Gasteiger partial charge in [0.15, 0.2) is 0 Å². The third kappa shape index (κ3) is 2.51. The largest absolute Gasteiger partial charge is 0.290 e. The summed E-state index contributed by atoms with van der Waals surface area (Å²) in [6.07, 6.45) is 1.76. The molecule has 2 aromatic carbocycles. The summed E-state index contributed by atoms with van der Waals surface area (Å²) in [5.41, 5.74) is 3.04. The zero-order valence-electron chi connectivity index (χ0n) is 10.5. The average molecular weight is 281 g/mol. The second-order valence-electron chi connectivity index (χ2n) is 4.31. The average Bonchev–Trinajstić information content (AvgIpc) is 2.78. The van der Waals surface area contributed by atoms with Crippen molar-refractivity contribution < 1.29 is 9.59 Å². The van der Waals surface area contributed by atoms with E-state index in [0.717, 1.165) is 28.5 Å². The number of hydrogen-bond acceptors (Lipinski definition) is 3. The Labute approximate surface area is 120 Å². The molecule has 2 amide bonds. The minimum Gasteiger partial charge on any atom is -0.282 e. The van der Waals surface area contributed by atoms with E-state index < -0.39 is 0 Å². The van der Waals surface area contributed by atoms with Crippen molar-refractivity contribution in [3.63, 3.8) is 0 Å². The van der Waals surface area contributed by atoms with E-state index in [9.17, 15) is 9.59 Å². The Morgan fingerprint density at radius 3 is 2.30 bits per heavy atom. The molecule has 3 nitrogen and oxygen atoms in total. The van der Waals surface area contributed by atoms with Crippen molar-refractivity contribution in [2.45, 2.75) is 0 Å². The summed E-state index contributed by atoms with van der Waals surface area (Å²) in [7, 11) is 0. The van der Waals surface area contributed by atoms with Crippen LogP contribution in [-0.4, -0.2) is 11.1 Å². The molecule has 4 heteroatoms. The van der Waals surface area contributed by atoms with Crippen LogP contribution in [-0.2, 0) is 4.79 Å². The molecule has 0 radical (unpaired) electrons. The minimum absolute atomic E-state index is 0.321. The molecule has 0 bridgehead atoms. The third-order valence-corrected chi connectivity index (χ3v) is 3.78. The number of nitrogens with one attached hydrogen (secondary N) is 1. The molecular weight excluding hydrogens is 270 g/mol. The van der Waals surface area contributed by atoms with Crippen molar-refractivity contribution >= 4 is 29.0 Å². The molecule has 1 saturated heterocycles. The van der Waals surface area contributed by atoms with Gasteiger partial charge in [0.05, 0.1) is 4.91 Å². The summed E-state index contributed by atoms with van der Waals surface area (Å²) < 4.78 is 0. The molecule has 1 aliphatic heterocycles. The van der Waals surface area contributed by atoms with E-state index in [-0.39, 0.29) is 11.1 Å². The SMILES string of the molecule is O=C1NC(=O)C(=Cc2ccccc2-c2ccccc2)S1. The Hall–Kier alpha value is -2.33. The van der Waals surface area contributed by atoms with E-state index in [4.69, 9.17) is 0 Å². The standard InChI is InChI=1S/C16H11NO2S/c18-15-14(20-16(19)17-15)10-12-8-4-5-9-13(12)11-6-2-1-3-7-11/h1-10H,(H,17,18,19). The number of amides is 2. The highest BCUT2D eigenvalue weighted by molar-refractivity contribution is 8.18. The number of thioether (sulfide) groups is 1. The second-order valence-corrected chi connectivity index (χ2v) is 5.32. The van der Waals surface area contributed by atoms with E-state index in [1.54, 1.807) is 6.08 Å². The minimum atomic E-state index is -0.331. The van der Waals surface area contributed by atoms with Crippen molar-refractivity contribution in [3.8, 4) is 11.1 Å². The van der Waals surface area contributed by atoms with Crippen molar-refractivity contribution in [2.24, 2.45) is 0 Å². The van der Waals surface area contributed by atoms with Crippen molar-refractivity contribution in [3.05, 3.63) is 65.1 Å². The van der Waals surface area contributed by atoms with Crippen LogP contribution in [0.15, 0.2) is 59.5 Å². The monoisotopic (exact) mass is 281 g/mol. The first-order valence-corrected chi connectivity index (χ1v) is 6.95. The van der Waals surface area contributed by atoms with Crippen LogP contribution in [0.3, 0.4) is 0 Å². The Morgan fingerprint density at radius 1 is 0.900 bits per heavy atom. The first-order chi connectivity index (χ1) is 9.74. The van der Waals surface area contributed by atoms with Gasteiger partial charge in [-0.05, 0) is 34.5 Å². The molecule has 2 aromatic rings. The maximum absolute atomic E-state index is 11.6. The summed E-state index contributed by atoms with van der Waals surface area (Å²) in [4.78, 5) is 23.2. The molecular formula is C16H11NO2S. The highest BCUT2D eigenvalue weighted by atomic mass is 32.2. The van der Waals surface area contributed by atoms with Crippen LogP contribution in [0.1, 0.15) is 5.56 Å². The van der Waals surface area contributed by atoms with Gasteiger partial charge in [-0.1, -0.05) is 54.6 Å². The molecule has 0 spiro atoms. The highest BCUT2D eigenvalue weighted by Crippen LogP contribution is 2.30. The van der Waals surface area contributed by atoms with Gasteiger partial charge in [0, 0.05) is 0 Å². The van der Waals surface area contributed by atoms with Crippen LogP contribution in [0.25, 0.3) is 17.2 Å². The lowest BCUT2D eigenvalue weighted by atomic mass is 9.99. The van der Waals surface area contributed by atoms with Gasteiger partial charge in [-0.2, -0.15) is 0 Å².